The van der Waals surface area contributed by atoms with Gasteiger partial charge in [-0.15, -0.1) is 0 Å². The van der Waals surface area contributed by atoms with Gasteiger partial charge in [0.15, 0.2) is 0 Å². The van der Waals surface area contributed by atoms with E-state index >= 15 is 0 Å². The molecule has 0 amide bonds. The van der Waals surface area contributed by atoms with Crippen LogP contribution < -0.4 is 4.74 Å². The largest absolute Gasteiger partial charge is 0.478 e. The second kappa shape index (κ2) is 4.87. The van der Waals surface area contributed by atoms with Crippen molar-refractivity contribution in [3.63, 3.8) is 0 Å². The molecule has 0 saturated carbocycles. The molecule has 1 heterocycles. The number of carboxylic acid groups (broad SMARTS) is 1. The van der Waals surface area contributed by atoms with E-state index in [1.165, 1.54) is 6.07 Å². The molecule has 0 unspecified atom stereocenters. The van der Waals surface area contributed by atoms with Crippen LogP contribution in [0.2, 0.25) is 0 Å². The van der Waals surface area contributed by atoms with Crippen molar-refractivity contribution in [1.29, 1.82) is 0 Å². The predicted molar refractivity (Wildman–Crippen MR) is 67.2 cm³/mol. The van der Waals surface area contributed by atoms with E-state index in [4.69, 9.17) is 9.84 Å². The normalized spacial score (nSPS) is 10.1. The highest BCUT2D eigenvalue weighted by molar-refractivity contribution is 5.91. The van der Waals surface area contributed by atoms with Crippen molar-refractivity contribution in [1.82, 2.24) is 4.98 Å². The molecule has 4 heteroatoms. The molecule has 0 aliphatic carbocycles. The molecule has 1 N–H and O–H groups in total. The van der Waals surface area contributed by atoms with Gasteiger partial charge >= 0.3 is 5.97 Å². The fourth-order valence-corrected chi connectivity index (χ4v) is 1.59. The highest BCUT2D eigenvalue weighted by atomic mass is 16.5. The quantitative estimate of drug-likeness (QED) is 0.899. The van der Waals surface area contributed by atoms with E-state index in [0.29, 0.717) is 11.5 Å². The number of pyridine rings is 1. The van der Waals surface area contributed by atoms with Crippen LogP contribution in [0.4, 0.5) is 0 Å². The maximum absolute atomic E-state index is 11.1. The van der Waals surface area contributed by atoms with Gasteiger partial charge in [-0.3, -0.25) is 4.98 Å². The second-order valence-electron chi connectivity index (χ2n) is 3.99. The van der Waals surface area contributed by atoms with Crippen LogP contribution in [0.25, 0.3) is 0 Å². The Morgan fingerprint density at radius 3 is 2.61 bits per heavy atom. The van der Waals surface area contributed by atoms with Gasteiger partial charge in [-0.25, -0.2) is 4.79 Å². The molecular weight excluding hydrogens is 230 g/mol. The lowest BCUT2D eigenvalue weighted by atomic mass is 10.1. The van der Waals surface area contributed by atoms with Gasteiger partial charge < -0.3 is 9.84 Å². The lowest BCUT2D eigenvalue weighted by molar-refractivity contribution is 0.0694. The molecule has 0 aliphatic rings. The van der Waals surface area contributed by atoms with E-state index in [1.54, 1.807) is 18.3 Å². The van der Waals surface area contributed by atoms with E-state index in [1.807, 2.05) is 26.0 Å². The van der Waals surface area contributed by atoms with Crippen molar-refractivity contribution < 1.29 is 14.6 Å². The zero-order valence-electron chi connectivity index (χ0n) is 10.2. The van der Waals surface area contributed by atoms with Gasteiger partial charge in [0.25, 0.3) is 0 Å². The minimum absolute atomic E-state index is 0.149. The number of carboxylic acids is 1. The van der Waals surface area contributed by atoms with Crippen molar-refractivity contribution in [3.8, 4) is 11.5 Å². The maximum Gasteiger partial charge on any atom is 0.339 e. The third-order valence-corrected chi connectivity index (χ3v) is 2.55. The number of aryl methyl sites for hydroxylation is 2. The van der Waals surface area contributed by atoms with Crippen LogP contribution in [-0.4, -0.2) is 16.1 Å². The van der Waals surface area contributed by atoms with E-state index in [9.17, 15) is 4.79 Å². The molecule has 0 aliphatic heterocycles. The molecule has 0 spiro atoms. The summed E-state index contributed by atoms with van der Waals surface area (Å²) in [6.07, 6.45) is 1.58. The smallest absolute Gasteiger partial charge is 0.339 e. The van der Waals surface area contributed by atoms with Gasteiger partial charge in [-0.1, -0.05) is 12.1 Å². The topological polar surface area (TPSA) is 59.4 Å². The third kappa shape index (κ3) is 2.48. The standard InChI is InChI=1S/C14H13NO3/c1-9-4-3-5-12(14(16)17)13(9)18-11-7-6-10(2)15-8-11/h3-8H,1-2H3,(H,16,17). The molecular formula is C14H13NO3. The summed E-state index contributed by atoms with van der Waals surface area (Å²) in [5.41, 5.74) is 1.80. The van der Waals surface area contributed by atoms with E-state index in [0.717, 1.165) is 11.3 Å². The summed E-state index contributed by atoms with van der Waals surface area (Å²) in [4.78, 5) is 15.2. The van der Waals surface area contributed by atoms with E-state index in [2.05, 4.69) is 4.98 Å². The Bertz CT molecular complexity index is 576. The number of rotatable bonds is 3. The Morgan fingerprint density at radius 1 is 1.22 bits per heavy atom. The zero-order chi connectivity index (χ0) is 13.1. The zero-order valence-corrected chi connectivity index (χ0v) is 10.2. The lowest BCUT2D eigenvalue weighted by Gasteiger charge is -2.11. The molecule has 0 saturated heterocycles. The van der Waals surface area contributed by atoms with E-state index in [-0.39, 0.29) is 5.56 Å². The summed E-state index contributed by atoms with van der Waals surface area (Å²) < 4.78 is 5.61. The van der Waals surface area contributed by atoms with Crippen molar-refractivity contribution in [2.45, 2.75) is 13.8 Å². The van der Waals surface area contributed by atoms with Crippen LogP contribution in [0.1, 0.15) is 21.6 Å². The number of hydrogen-bond acceptors (Lipinski definition) is 3. The summed E-state index contributed by atoms with van der Waals surface area (Å²) in [5, 5.41) is 9.12. The Morgan fingerprint density at radius 2 is 2.00 bits per heavy atom. The number of para-hydroxylation sites is 1. The van der Waals surface area contributed by atoms with Gasteiger partial charge in [-0.2, -0.15) is 0 Å². The van der Waals surface area contributed by atoms with Crippen LogP contribution in [0.5, 0.6) is 11.5 Å². The summed E-state index contributed by atoms with van der Waals surface area (Å²) in [5.74, 6) is -0.123. The Balaban J connectivity index is 2.39. The molecule has 18 heavy (non-hydrogen) atoms. The van der Waals surface area contributed by atoms with Gasteiger partial charge in [0.05, 0.1) is 6.20 Å². The van der Waals surface area contributed by atoms with Crippen molar-refractivity contribution in [2.24, 2.45) is 0 Å². The van der Waals surface area contributed by atoms with Crippen LogP contribution in [0, 0.1) is 13.8 Å². The SMILES string of the molecule is Cc1ccc(Oc2c(C)cccc2C(=O)O)cn1. The number of nitrogens with zero attached hydrogens (tertiary/aromatic N) is 1. The molecule has 2 rings (SSSR count). The minimum atomic E-state index is -1.01. The Labute approximate surface area is 105 Å². The fraction of sp³-hybridized carbons (Fsp3) is 0.143. The van der Waals surface area contributed by atoms with Gasteiger partial charge in [0.1, 0.15) is 17.1 Å². The summed E-state index contributed by atoms with van der Waals surface area (Å²) in [6, 6.07) is 8.60. The van der Waals surface area contributed by atoms with Gasteiger partial charge in [0, 0.05) is 5.69 Å². The van der Waals surface area contributed by atoms with Crippen LogP contribution >= 0.6 is 0 Å². The number of carbonyl (C=O) groups is 1. The molecule has 1 aromatic carbocycles. The van der Waals surface area contributed by atoms with Crippen LogP contribution in [0.3, 0.4) is 0 Å². The van der Waals surface area contributed by atoms with Crippen LogP contribution in [0.15, 0.2) is 36.5 Å². The average Bonchev–Trinajstić information content (AvgIpc) is 2.34. The van der Waals surface area contributed by atoms with Crippen molar-refractivity contribution >= 4 is 5.97 Å². The number of ether oxygens (including phenoxy) is 1. The first-order valence-corrected chi connectivity index (χ1v) is 5.51. The summed E-state index contributed by atoms with van der Waals surface area (Å²) in [7, 11) is 0. The summed E-state index contributed by atoms with van der Waals surface area (Å²) in [6.45, 7) is 3.68. The highest BCUT2D eigenvalue weighted by Crippen LogP contribution is 2.28. The molecule has 92 valence electrons. The third-order valence-electron chi connectivity index (χ3n) is 2.55. The molecule has 1 aromatic heterocycles. The molecule has 2 aromatic rings. The predicted octanol–water partition coefficient (Wildman–Crippen LogP) is 3.19. The van der Waals surface area contributed by atoms with Crippen molar-refractivity contribution in [3.05, 3.63) is 53.3 Å². The van der Waals surface area contributed by atoms with E-state index < -0.39 is 5.97 Å². The molecule has 0 bridgehead atoms. The van der Waals surface area contributed by atoms with Gasteiger partial charge in [-0.05, 0) is 37.6 Å². The monoisotopic (exact) mass is 243 g/mol. The molecule has 0 radical (unpaired) electrons. The second-order valence-corrected chi connectivity index (χ2v) is 3.99. The lowest BCUT2D eigenvalue weighted by Crippen LogP contribution is -2.01. The van der Waals surface area contributed by atoms with Crippen molar-refractivity contribution in [2.75, 3.05) is 0 Å². The summed E-state index contributed by atoms with van der Waals surface area (Å²) >= 11 is 0. The molecule has 0 atom stereocenters. The molecule has 0 fully saturated rings. The average molecular weight is 243 g/mol. The maximum atomic E-state index is 11.1. The minimum Gasteiger partial charge on any atom is -0.478 e. The number of aromatic nitrogens is 1. The first-order valence-electron chi connectivity index (χ1n) is 5.51. The number of benzene rings is 1. The Hall–Kier alpha value is -2.36. The number of aromatic carboxylic acids is 1. The first kappa shape index (κ1) is 12.1. The van der Waals surface area contributed by atoms with Gasteiger partial charge in [0.2, 0.25) is 0 Å². The first-order chi connectivity index (χ1) is 8.58. The van der Waals surface area contributed by atoms with Crippen LogP contribution in [-0.2, 0) is 0 Å². The Kier molecular flexibility index (Phi) is 3.28. The number of hydrogen-bond donors (Lipinski definition) is 1. The fourth-order valence-electron chi connectivity index (χ4n) is 1.59. The molecule has 4 nitrogen and oxygen atoms in total. The highest BCUT2D eigenvalue weighted by Gasteiger charge is 2.14.